The third kappa shape index (κ3) is 1.21. The molecule has 1 aromatic rings. The lowest BCUT2D eigenvalue weighted by molar-refractivity contribution is -0.00000210. The zero-order chi connectivity index (χ0) is 6.32. The fraction of sp³-hybridized carbons (Fsp3) is 0.600. The van der Waals surface area contributed by atoms with Crippen LogP contribution in [0, 0.1) is 0 Å². The second kappa shape index (κ2) is 2.56. The van der Waals surface area contributed by atoms with E-state index in [-0.39, 0.29) is 23.9 Å². The largest absolute Gasteiger partial charge is 1.00 e. The molecule has 5 heteroatoms. The molecule has 10 heavy (non-hydrogen) atoms. The van der Waals surface area contributed by atoms with Crippen molar-refractivity contribution in [3.63, 3.8) is 0 Å². The predicted octanol–water partition coefficient (Wildman–Crippen LogP) is -2.40. The molecule has 0 unspecified atom stereocenters. The Bertz CT molecular complexity index is 212. The predicted molar refractivity (Wildman–Crippen MR) is 36.1 cm³/mol. The average Bonchev–Trinajstić information content (AvgIpc) is 2.46. The maximum Gasteiger partial charge on any atom is 1.00 e. The zero-order valence-corrected chi connectivity index (χ0v) is 7.65. The Hall–Kier alpha value is -0.000000000000000111. The lowest BCUT2D eigenvalue weighted by atomic mass is 10.3. The highest BCUT2D eigenvalue weighted by molar-refractivity contribution is 7.09. The fourth-order valence-electron chi connectivity index (χ4n) is 0.739. The third-order valence-corrected chi connectivity index (χ3v) is 2.49. The number of hydrogen-bond donors (Lipinski definition) is 1. The van der Waals surface area contributed by atoms with Crippen LogP contribution in [0.3, 0.4) is 0 Å². The number of halogens is 1. The molecule has 56 valence electrons. The summed E-state index contributed by atoms with van der Waals surface area (Å²) in [5, 5.41) is 8.60. The fourth-order valence-corrected chi connectivity index (χ4v) is 1.47. The van der Waals surface area contributed by atoms with E-state index in [0.717, 1.165) is 17.8 Å². The molecule has 1 aromatic heterocycles. The molecule has 0 bridgehead atoms. The van der Waals surface area contributed by atoms with Crippen LogP contribution in [0.25, 0.3) is 0 Å². The van der Waals surface area contributed by atoms with Crippen LogP contribution in [0.5, 0.6) is 0 Å². The van der Waals surface area contributed by atoms with Crippen molar-refractivity contribution in [1.29, 1.82) is 0 Å². The van der Waals surface area contributed by atoms with Crippen molar-refractivity contribution in [2.45, 2.75) is 18.4 Å². The zero-order valence-electron chi connectivity index (χ0n) is 6.25. The van der Waals surface area contributed by atoms with Crippen molar-refractivity contribution in [3.05, 3.63) is 10.5 Å². The van der Waals surface area contributed by atoms with Gasteiger partial charge in [-0.25, -0.2) is 0 Å². The Morgan fingerprint density at radius 3 is 2.80 bits per heavy atom. The number of nitrogens with zero attached hydrogens (tertiary/aromatic N) is 2. The monoisotopic (exact) mass is 221 g/mol. The van der Waals surface area contributed by atoms with Crippen molar-refractivity contribution in [2.75, 3.05) is 0 Å². The molecule has 0 aliphatic heterocycles. The third-order valence-electron chi connectivity index (χ3n) is 1.57. The Morgan fingerprint density at radius 2 is 2.40 bits per heavy atom. The van der Waals surface area contributed by atoms with Gasteiger partial charge in [-0.1, -0.05) is 0 Å². The van der Waals surface area contributed by atoms with Crippen molar-refractivity contribution >= 4 is 11.3 Å². The minimum atomic E-state index is -0.0822. The number of aromatic nitrogens is 2. The van der Waals surface area contributed by atoms with Crippen LogP contribution in [0.2, 0.25) is 0 Å². The summed E-state index contributed by atoms with van der Waals surface area (Å²) in [5.41, 5.74) is 7.46. The first-order valence-electron chi connectivity index (χ1n) is 2.87. The van der Waals surface area contributed by atoms with E-state index >= 15 is 0 Å². The molecular formula is C5H8BrN3S. The molecule has 3 nitrogen and oxygen atoms in total. The van der Waals surface area contributed by atoms with E-state index in [2.05, 4.69) is 10.2 Å². The summed E-state index contributed by atoms with van der Waals surface area (Å²) in [6.45, 7) is 0. The van der Waals surface area contributed by atoms with Gasteiger partial charge < -0.3 is 22.7 Å². The SMILES string of the molecule is NC1(c2nncs2)CC1.[Br-].[H+]. The van der Waals surface area contributed by atoms with Crippen LogP contribution < -0.4 is 22.7 Å². The van der Waals surface area contributed by atoms with Gasteiger partial charge in [0.05, 0.1) is 5.54 Å². The van der Waals surface area contributed by atoms with Crippen molar-refractivity contribution in [2.24, 2.45) is 5.73 Å². The van der Waals surface area contributed by atoms with Crippen LogP contribution in [0.15, 0.2) is 5.51 Å². The second-order valence-corrected chi connectivity index (χ2v) is 3.23. The summed E-state index contributed by atoms with van der Waals surface area (Å²) in [6, 6.07) is 0. The number of rotatable bonds is 1. The second-order valence-electron chi connectivity index (χ2n) is 2.40. The van der Waals surface area contributed by atoms with Gasteiger partial charge in [-0.15, -0.1) is 21.5 Å². The summed E-state index contributed by atoms with van der Waals surface area (Å²) in [5.74, 6) is 0. The van der Waals surface area contributed by atoms with Gasteiger partial charge in [0.15, 0.2) is 0 Å². The van der Waals surface area contributed by atoms with Gasteiger partial charge in [0.25, 0.3) is 0 Å². The first-order chi connectivity index (χ1) is 4.31. The van der Waals surface area contributed by atoms with Crippen molar-refractivity contribution < 1.29 is 18.4 Å². The average molecular weight is 222 g/mol. The van der Waals surface area contributed by atoms with E-state index in [1.165, 1.54) is 0 Å². The maximum absolute atomic E-state index is 5.82. The summed E-state index contributed by atoms with van der Waals surface area (Å²) in [4.78, 5) is 0. The highest BCUT2D eigenvalue weighted by Gasteiger charge is 2.42. The first kappa shape index (κ1) is 8.10. The number of nitrogens with two attached hydrogens (primary N) is 1. The lowest BCUT2D eigenvalue weighted by Crippen LogP contribution is -3.00. The van der Waals surface area contributed by atoms with E-state index in [1.54, 1.807) is 16.8 Å². The number of hydrogen-bond acceptors (Lipinski definition) is 4. The van der Waals surface area contributed by atoms with E-state index in [0.29, 0.717) is 0 Å². The van der Waals surface area contributed by atoms with Gasteiger partial charge >= 0.3 is 1.43 Å². The summed E-state index contributed by atoms with van der Waals surface area (Å²) in [6.07, 6.45) is 2.14. The van der Waals surface area contributed by atoms with Crippen LogP contribution in [0.1, 0.15) is 19.3 Å². The molecule has 0 aromatic carbocycles. The summed E-state index contributed by atoms with van der Waals surface area (Å²) < 4.78 is 0. The van der Waals surface area contributed by atoms with Crippen molar-refractivity contribution in [1.82, 2.24) is 10.2 Å². The van der Waals surface area contributed by atoms with E-state index < -0.39 is 0 Å². The molecule has 0 saturated heterocycles. The molecule has 0 spiro atoms. The molecule has 1 saturated carbocycles. The molecule has 0 atom stereocenters. The first-order valence-corrected chi connectivity index (χ1v) is 3.75. The van der Waals surface area contributed by atoms with Gasteiger partial charge in [-0.3, -0.25) is 0 Å². The Kier molecular flexibility index (Phi) is 2.07. The molecule has 2 N–H and O–H groups in total. The molecule has 1 fully saturated rings. The molecule has 2 rings (SSSR count). The van der Waals surface area contributed by atoms with Gasteiger partial charge in [0.1, 0.15) is 10.5 Å². The van der Waals surface area contributed by atoms with Crippen LogP contribution in [0.4, 0.5) is 0 Å². The van der Waals surface area contributed by atoms with Crippen molar-refractivity contribution in [3.8, 4) is 0 Å². The molecule has 0 amide bonds. The molecular weight excluding hydrogens is 214 g/mol. The van der Waals surface area contributed by atoms with Gasteiger partial charge in [0, 0.05) is 0 Å². The minimum absolute atomic E-state index is 0. The van der Waals surface area contributed by atoms with E-state index in [9.17, 15) is 0 Å². The highest BCUT2D eigenvalue weighted by atomic mass is 79.9. The van der Waals surface area contributed by atoms with Gasteiger partial charge in [-0.05, 0) is 12.8 Å². The standard InChI is InChI=1S/C5H7N3S.BrH/c6-5(1-2-5)4-8-7-3-9-4;/h3H,1-2,6H2;1H. The lowest BCUT2D eigenvalue weighted by Gasteiger charge is -1.98. The van der Waals surface area contributed by atoms with E-state index in [1.807, 2.05) is 0 Å². The Labute approximate surface area is 74.9 Å². The summed E-state index contributed by atoms with van der Waals surface area (Å²) >= 11 is 1.55. The minimum Gasteiger partial charge on any atom is -1.00 e. The molecule has 0 radical (unpaired) electrons. The van der Waals surface area contributed by atoms with Crippen LogP contribution in [-0.2, 0) is 5.54 Å². The maximum atomic E-state index is 5.82. The Balaban J connectivity index is 0.000000500. The van der Waals surface area contributed by atoms with Crippen LogP contribution in [-0.4, -0.2) is 10.2 Å². The smallest absolute Gasteiger partial charge is 1.00 e. The quantitative estimate of drug-likeness (QED) is 0.576. The summed E-state index contributed by atoms with van der Waals surface area (Å²) in [7, 11) is 0. The molecule has 1 heterocycles. The van der Waals surface area contributed by atoms with E-state index in [4.69, 9.17) is 5.73 Å². The van der Waals surface area contributed by atoms with Gasteiger partial charge in [-0.2, -0.15) is 0 Å². The normalized spacial score (nSPS) is 19.7. The molecule has 1 aliphatic rings. The Morgan fingerprint density at radius 1 is 1.70 bits per heavy atom. The highest BCUT2D eigenvalue weighted by Crippen LogP contribution is 2.42. The molecule has 1 aliphatic carbocycles. The van der Waals surface area contributed by atoms with Gasteiger partial charge in [0.2, 0.25) is 0 Å². The van der Waals surface area contributed by atoms with Crippen LogP contribution >= 0.6 is 11.3 Å². The topological polar surface area (TPSA) is 51.8 Å².